The number of esters is 1. The summed E-state index contributed by atoms with van der Waals surface area (Å²) >= 11 is 0. The molecule has 2 aromatic carbocycles. The van der Waals surface area contributed by atoms with E-state index < -0.39 is 6.10 Å². The van der Waals surface area contributed by atoms with E-state index in [1.807, 2.05) is 47.4 Å². The van der Waals surface area contributed by atoms with Gasteiger partial charge in [-0.1, -0.05) is 67.5 Å². The highest BCUT2D eigenvalue weighted by Crippen LogP contribution is 2.27. The fraction of sp³-hybridized carbons (Fsp3) is 0.429. The van der Waals surface area contributed by atoms with Crippen LogP contribution in [0.1, 0.15) is 62.2 Å². The number of rotatable bonds is 11. The molecule has 5 heteroatoms. The van der Waals surface area contributed by atoms with Gasteiger partial charge < -0.3 is 14.7 Å². The van der Waals surface area contributed by atoms with Crippen LogP contribution >= 0.6 is 0 Å². The third-order valence-corrected chi connectivity index (χ3v) is 6.33. The Hall–Kier alpha value is -2.92. The molecule has 1 aliphatic rings. The van der Waals surface area contributed by atoms with Crippen LogP contribution in [0.5, 0.6) is 0 Å². The van der Waals surface area contributed by atoms with Crippen LogP contribution in [0.4, 0.5) is 0 Å². The molecule has 1 N–H and O–H groups in total. The maximum absolute atomic E-state index is 12.3. The second-order valence-corrected chi connectivity index (χ2v) is 8.70. The molecule has 5 nitrogen and oxygen atoms in total. The van der Waals surface area contributed by atoms with E-state index in [9.17, 15) is 14.7 Å². The maximum Gasteiger partial charge on any atom is 0.305 e. The monoisotopic (exact) mass is 449 g/mol. The fourth-order valence-corrected chi connectivity index (χ4v) is 4.39. The number of methoxy groups -OCH3 is 1. The van der Waals surface area contributed by atoms with Crippen molar-refractivity contribution >= 4 is 11.9 Å². The van der Waals surface area contributed by atoms with Crippen molar-refractivity contribution in [1.82, 2.24) is 4.90 Å². The lowest BCUT2D eigenvalue weighted by atomic mass is 9.97. The standard InChI is InChI=1S/C28H35NO4/c1-21-10-6-7-13-25(21)22-11-9-12-23(20-22)26(30)17-15-24-16-18-27(31)29(24)19-8-4-3-5-14-28(32)33-2/h6-7,9-13,15,17,20,24,26,30H,3-5,8,14,16,18-19H2,1-2H3/b17-15+/t24-,26?/m0/s1. The fourth-order valence-electron chi connectivity index (χ4n) is 4.39. The van der Waals surface area contributed by atoms with Gasteiger partial charge in [0.1, 0.15) is 0 Å². The number of carbonyl (C=O) groups excluding carboxylic acids is 2. The molecule has 176 valence electrons. The normalized spacial score (nSPS) is 17.0. The number of nitrogens with zero attached hydrogens (tertiary/aromatic N) is 1. The van der Waals surface area contributed by atoms with E-state index in [0.717, 1.165) is 48.8 Å². The van der Waals surface area contributed by atoms with Crippen molar-refractivity contribution in [3.8, 4) is 11.1 Å². The van der Waals surface area contributed by atoms with Crippen molar-refractivity contribution < 1.29 is 19.4 Å². The molecule has 33 heavy (non-hydrogen) atoms. The van der Waals surface area contributed by atoms with Crippen molar-refractivity contribution in [3.63, 3.8) is 0 Å². The second kappa shape index (κ2) is 12.4. The highest BCUT2D eigenvalue weighted by atomic mass is 16.5. The highest BCUT2D eigenvalue weighted by molar-refractivity contribution is 5.79. The van der Waals surface area contributed by atoms with E-state index in [-0.39, 0.29) is 17.9 Å². The smallest absolute Gasteiger partial charge is 0.305 e. The van der Waals surface area contributed by atoms with Gasteiger partial charge in [-0.15, -0.1) is 0 Å². The van der Waals surface area contributed by atoms with Gasteiger partial charge in [-0.25, -0.2) is 0 Å². The summed E-state index contributed by atoms with van der Waals surface area (Å²) in [5.74, 6) is 0.00756. The molecule has 2 atom stereocenters. The summed E-state index contributed by atoms with van der Waals surface area (Å²) in [6.07, 6.45) is 8.52. The lowest BCUT2D eigenvalue weighted by molar-refractivity contribution is -0.140. The third kappa shape index (κ3) is 7.03. The van der Waals surface area contributed by atoms with E-state index in [1.54, 1.807) is 0 Å². The van der Waals surface area contributed by atoms with E-state index >= 15 is 0 Å². The quantitative estimate of drug-likeness (QED) is 0.285. The molecule has 1 amide bonds. The first-order valence-corrected chi connectivity index (χ1v) is 11.9. The average molecular weight is 450 g/mol. The Morgan fingerprint density at radius 2 is 1.94 bits per heavy atom. The zero-order valence-corrected chi connectivity index (χ0v) is 19.7. The van der Waals surface area contributed by atoms with E-state index in [1.165, 1.54) is 12.7 Å². The number of benzene rings is 2. The summed E-state index contributed by atoms with van der Waals surface area (Å²) in [5, 5.41) is 10.8. The summed E-state index contributed by atoms with van der Waals surface area (Å²) < 4.78 is 4.66. The minimum absolute atomic E-state index is 0.0294. The second-order valence-electron chi connectivity index (χ2n) is 8.70. The van der Waals surface area contributed by atoms with Crippen molar-refractivity contribution in [3.05, 3.63) is 71.8 Å². The van der Waals surface area contributed by atoms with Crippen LogP contribution in [-0.2, 0) is 14.3 Å². The molecule has 2 aromatic rings. The number of aliphatic hydroxyl groups is 1. The Morgan fingerprint density at radius 3 is 2.73 bits per heavy atom. The molecular weight excluding hydrogens is 414 g/mol. The molecule has 0 aromatic heterocycles. The van der Waals surface area contributed by atoms with Crippen LogP contribution in [0.2, 0.25) is 0 Å². The van der Waals surface area contributed by atoms with Gasteiger partial charge in [0, 0.05) is 19.4 Å². The molecule has 0 radical (unpaired) electrons. The van der Waals surface area contributed by atoms with Crippen LogP contribution in [0.15, 0.2) is 60.7 Å². The first kappa shape index (κ1) is 24.7. The molecule has 0 saturated carbocycles. The van der Waals surface area contributed by atoms with Crippen LogP contribution < -0.4 is 0 Å². The predicted molar refractivity (Wildman–Crippen MR) is 131 cm³/mol. The molecular formula is C28H35NO4. The van der Waals surface area contributed by atoms with Gasteiger partial charge in [0.05, 0.1) is 19.3 Å². The Balaban J connectivity index is 1.54. The minimum atomic E-state index is -0.718. The van der Waals surface area contributed by atoms with Gasteiger partial charge in [-0.05, 0) is 54.5 Å². The average Bonchev–Trinajstić information content (AvgIpc) is 3.19. The Morgan fingerprint density at radius 1 is 1.15 bits per heavy atom. The summed E-state index contributed by atoms with van der Waals surface area (Å²) in [6, 6.07) is 16.3. The molecule has 1 saturated heterocycles. The third-order valence-electron chi connectivity index (χ3n) is 6.33. The topological polar surface area (TPSA) is 66.8 Å². The predicted octanol–water partition coefficient (Wildman–Crippen LogP) is 5.37. The molecule has 0 aliphatic carbocycles. The number of ether oxygens (including phenoxy) is 1. The van der Waals surface area contributed by atoms with Crippen LogP contribution in [0, 0.1) is 6.92 Å². The molecule has 0 bridgehead atoms. The van der Waals surface area contributed by atoms with Crippen molar-refractivity contribution in [1.29, 1.82) is 0 Å². The number of aryl methyl sites for hydroxylation is 1. The maximum atomic E-state index is 12.3. The largest absolute Gasteiger partial charge is 0.469 e. The number of unbranched alkanes of at least 4 members (excludes halogenated alkanes) is 3. The van der Waals surface area contributed by atoms with E-state index in [0.29, 0.717) is 19.4 Å². The number of hydrogen-bond donors (Lipinski definition) is 1. The number of aliphatic hydroxyl groups excluding tert-OH is 1. The zero-order valence-electron chi connectivity index (χ0n) is 19.7. The molecule has 0 spiro atoms. The first-order valence-electron chi connectivity index (χ1n) is 11.9. The van der Waals surface area contributed by atoms with Gasteiger partial charge in [0.2, 0.25) is 5.91 Å². The lowest BCUT2D eigenvalue weighted by Crippen LogP contribution is -2.32. The highest BCUT2D eigenvalue weighted by Gasteiger charge is 2.28. The number of carbonyl (C=O) groups is 2. The van der Waals surface area contributed by atoms with Crippen LogP contribution in [-0.4, -0.2) is 41.6 Å². The first-order chi connectivity index (χ1) is 16.0. The van der Waals surface area contributed by atoms with Crippen molar-refractivity contribution in [2.24, 2.45) is 0 Å². The molecule has 1 fully saturated rings. The summed E-state index contributed by atoms with van der Waals surface area (Å²) in [7, 11) is 1.41. The molecule has 1 heterocycles. The number of hydrogen-bond acceptors (Lipinski definition) is 4. The number of likely N-dealkylation sites (tertiary alicyclic amines) is 1. The van der Waals surface area contributed by atoms with Gasteiger partial charge in [-0.2, -0.15) is 0 Å². The summed E-state index contributed by atoms with van der Waals surface area (Å²) in [4.78, 5) is 25.4. The SMILES string of the molecule is COC(=O)CCCCCCN1C(=O)CC[C@@H]1/C=C/C(O)c1cccc(-c2ccccc2C)c1. The zero-order chi connectivity index (χ0) is 23.6. The summed E-state index contributed by atoms with van der Waals surface area (Å²) in [6.45, 7) is 2.80. The van der Waals surface area contributed by atoms with Crippen LogP contribution in [0.25, 0.3) is 11.1 Å². The van der Waals surface area contributed by atoms with Gasteiger partial charge in [-0.3, -0.25) is 9.59 Å². The van der Waals surface area contributed by atoms with Gasteiger partial charge >= 0.3 is 5.97 Å². The molecule has 1 unspecified atom stereocenters. The minimum Gasteiger partial charge on any atom is -0.469 e. The molecule has 3 rings (SSSR count). The van der Waals surface area contributed by atoms with Gasteiger partial charge in [0.25, 0.3) is 0 Å². The van der Waals surface area contributed by atoms with E-state index in [2.05, 4.69) is 29.9 Å². The lowest BCUT2D eigenvalue weighted by Gasteiger charge is -2.22. The van der Waals surface area contributed by atoms with Crippen molar-refractivity contribution in [2.45, 2.75) is 64.0 Å². The van der Waals surface area contributed by atoms with E-state index in [4.69, 9.17) is 0 Å². The Labute approximate surface area is 197 Å². The molecule has 1 aliphatic heterocycles. The Kier molecular flexibility index (Phi) is 9.25. The number of amides is 1. The van der Waals surface area contributed by atoms with Crippen molar-refractivity contribution in [2.75, 3.05) is 13.7 Å². The Bertz CT molecular complexity index is 968. The van der Waals surface area contributed by atoms with Gasteiger partial charge in [0.15, 0.2) is 0 Å². The van der Waals surface area contributed by atoms with Crippen LogP contribution in [0.3, 0.4) is 0 Å². The summed E-state index contributed by atoms with van der Waals surface area (Å²) in [5.41, 5.74) is 4.29.